The average molecular weight is 839 g/mol. The maximum Gasteiger partial charge on any atom is 0.315 e. The standard InChI is InChI=1S/C23H43N5O3.C10H19NO2.C7H12O2.C4H10.C2H6/c1-23(2,3)18(15-27(5)6)25-22(31)26-19(16-11-8-7-9-12-16)21(30)28-14-10-13-17(28)20(29)24-4;1-3-5-6-7-9(12)10(13)11-8-4-2;1-7(2,3-5-8)4-6-9;1-4(2)3;1-2/h16-19H,7-15H2,1-6H3,(H,24,29)(H2,25,26,31);3-8H2,1-2H3,(H,11,13);5-6H,3-4H2,1-2H3;4H,1-3H3;1-2H3. The summed E-state index contributed by atoms with van der Waals surface area (Å²) in [5.74, 6) is 0.00395. The highest BCUT2D eigenvalue weighted by atomic mass is 16.2. The maximum atomic E-state index is 13.6. The van der Waals surface area contributed by atoms with Gasteiger partial charge in [-0.25, -0.2) is 4.79 Å². The van der Waals surface area contributed by atoms with Crippen molar-refractivity contribution in [3.8, 4) is 0 Å². The molecule has 0 aromatic carbocycles. The number of hydrogen-bond donors (Lipinski definition) is 4. The molecule has 1 saturated carbocycles. The summed E-state index contributed by atoms with van der Waals surface area (Å²) in [6.07, 6.45) is 13.5. The van der Waals surface area contributed by atoms with Gasteiger partial charge in [0, 0.05) is 52.0 Å². The van der Waals surface area contributed by atoms with E-state index in [-0.39, 0.29) is 46.4 Å². The molecule has 2 aliphatic rings. The highest BCUT2D eigenvalue weighted by molar-refractivity contribution is 6.36. The van der Waals surface area contributed by atoms with Crippen molar-refractivity contribution in [2.24, 2.45) is 22.7 Å². The van der Waals surface area contributed by atoms with Crippen LogP contribution in [-0.4, -0.2) is 111 Å². The predicted octanol–water partition coefficient (Wildman–Crippen LogP) is 7.49. The van der Waals surface area contributed by atoms with Crippen LogP contribution in [0.4, 0.5) is 4.79 Å². The molecule has 346 valence electrons. The Morgan fingerprint density at radius 1 is 0.797 bits per heavy atom. The first-order valence-electron chi connectivity index (χ1n) is 22.5. The van der Waals surface area contributed by atoms with Gasteiger partial charge in [0.05, 0.1) is 0 Å². The van der Waals surface area contributed by atoms with Gasteiger partial charge in [-0.3, -0.25) is 19.2 Å². The van der Waals surface area contributed by atoms with Crippen molar-refractivity contribution in [1.82, 2.24) is 31.1 Å². The summed E-state index contributed by atoms with van der Waals surface area (Å²) in [5, 5.41) is 11.4. The van der Waals surface area contributed by atoms with Crippen LogP contribution in [0.1, 0.15) is 173 Å². The molecule has 5 amide bonds. The molecular weight excluding hydrogens is 749 g/mol. The second-order valence-electron chi connectivity index (χ2n) is 18.3. The Balaban J connectivity index is -0.000000916. The van der Waals surface area contributed by atoms with E-state index >= 15 is 0 Å². The minimum atomic E-state index is -0.592. The minimum Gasteiger partial charge on any atom is -0.357 e. The monoisotopic (exact) mass is 839 g/mol. The molecule has 2 rings (SSSR count). The van der Waals surface area contributed by atoms with Crippen LogP contribution >= 0.6 is 0 Å². The zero-order chi connectivity index (χ0) is 46.2. The number of aldehydes is 2. The topological polar surface area (TPSA) is 174 Å². The van der Waals surface area contributed by atoms with Crippen molar-refractivity contribution in [3.63, 3.8) is 0 Å². The molecule has 0 bridgehead atoms. The van der Waals surface area contributed by atoms with Crippen LogP contribution in [0.2, 0.25) is 0 Å². The zero-order valence-corrected chi connectivity index (χ0v) is 40.3. The van der Waals surface area contributed by atoms with E-state index in [1.54, 1.807) is 11.9 Å². The van der Waals surface area contributed by atoms with Gasteiger partial charge in [0.15, 0.2) is 0 Å². The third-order valence-electron chi connectivity index (χ3n) is 9.73. The molecule has 3 unspecified atom stereocenters. The summed E-state index contributed by atoms with van der Waals surface area (Å²) in [5.41, 5.74) is -0.255. The number of amides is 5. The predicted molar refractivity (Wildman–Crippen MR) is 242 cm³/mol. The molecule has 0 aromatic rings. The third kappa shape index (κ3) is 29.5. The number of likely N-dealkylation sites (tertiary alicyclic amines) is 1. The van der Waals surface area contributed by atoms with Gasteiger partial charge < -0.3 is 40.7 Å². The Labute approximate surface area is 360 Å². The van der Waals surface area contributed by atoms with Crippen molar-refractivity contribution in [3.05, 3.63) is 0 Å². The molecule has 1 aliphatic heterocycles. The van der Waals surface area contributed by atoms with Crippen LogP contribution in [0.3, 0.4) is 0 Å². The molecular formula is C46H90N6O7. The van der Waals surface area contributed by atoms with E-state index in [1.807, 2.05) is 48.7 Å². The summed E-state index contributed by atoms with van der Waals surface area (Å²) in [6, 6.07) is -1.40. The average Bonchev–Trinajstić information content (AvgIpc) is 3.66. The fourth-order valence-electron chi connectivity index (χ4n) is 6.26. The lowest BCUT2D eigenvalue weighted by atomic mass is 9.83. The normalized spacial score (nSPS) is 16.2. The molecule has 13 heteroatoms. The van der Waals surface area contributed by atoms with Crippen molar-refractivity contribution in [2.45, 2.75) is 191 Å². The molecule has 1 heterocycles. The summed E-state index contributed by atoms with van der Waals surface area (Å²) in [7, 11) is 5.57. The lowest BCUT2D eigenvalue weighted by Gasteiger charge is -2.37. The number of hydrogen-bond acceptors (Lipinski definition) is 8. The molecule has 0 spiro atoms. The van der Waals surface area contributed by atoms with Crippen molar-refractivity contribution in [1.29, 1.82) is 0 Å². The maximum absolute atomic E-state index is 13.6. The van der Waals surface area contributed by atoms with E-state index in [0.29, 0.717) is 45.3 Å². The van der Waals surface area contributed by atoms with Gasteiger partial charge in [0.25, 0.3) is 5.91 Å². The molecule has 1 aliphatic carbocycles. The van der Waals surface area contributed by atoms with Crippen molar-refractivity contribution >= 4 is 42.1 Å². The molecule has 1 saturated heterocycles. The van der Waals surface area contributed by atoms with E-state index in [4.69, 9.17) is 0 Å². The number of nitrogens with one attached hydrogen (secondary N) is 4. The van der Waals surface area contributed by atoms with Gasteiger partial charge in [0.1, 0.15) is 24.7 Å². The van der Waals surface area contributed by atoms with E-state index in [0.717, 1.165) is 76.3 Å². The zero-order valence-electron chi connectivity index (χ0n) is 40.3. The van der Waals surface area contributed by atoms with Gasteiger partial charge in [-0.2, -0.15) is 0 Å². The molecule has 13 nitrogen and oxygen atoms in total. The van der Waals surface area contributed by atoms with E-state index < -0.39 is 18.0 Å². The van der Waals surface area contributed by atoms with Crippen LogP contribution in [0, 0.1) is 22.7 Å². The Morgan fingerprint density at radius 3 is 1.78 bits per heavy atom. The van der Waals surface area contributed by atoms with Crippen molar-refractivity contribution < 1.29 is 33.6 Å². The van der Waals surface area contributed by atoms with Crippen LogP contribution in [0.15, 0.2) is 0 Å². The number of rotatable bonds is 18. The largest absolute Gasteiger partial charge is 0.357 e. The van der Waals surface area contributed by atoms with Gasteiger partial charge in [-0.05, 0) is 75.3 Å². The van der Waals surface area contributed by atoms with Gasteiger partial charge >= 0.3 is 6.03 Å². The summed E-state index contributed by atoms with van der Waals surface area (Å²) >= 11 is 0. The lowest BCUT2D eigenvalue weighted by Crippen LogP contribution is -2.60. The fourth-order valence-corrected chi connectivity index (χ4v) is 6.26. The number of unbranched alkanes of at least 4 members (excludes halogenated alkanes) is 2. The van der Waals surface area contributed by atoms with Crippen molar-refractivity contribution in [2.75, 3.05) is 40.8 Å². The summed E-state index contributed by atoms with van der Waals surface area (Å²) < 4.78 is 0. The van der Waals surface area contributed by atoms with E-state index in [2.05, 4.69) is 74.6 Å². The second-order valence-corrected chi connectivity index (χ2v) is 18.3. The lowest BCUT2D eigenvalue weighted by molar-refractivity contribution is -0.141. The van der Waals surface area contributed by atoms with Gasteiger partial charge in [-0.1, -0.05) is 115 Å². The number of carbonyl (C=O) groups excluding carboxylic acids is 7. The van der Waals surface area contributed by atoms with Crippen LogP contribution in [0.5, 0.6) is 0 Å². The Morgan fingerprint density at radius 2 is 1.34 bits per heavy atom. The van der Waals surface area contributed by atoms with Crippen LogP contribution in [-0.2, 0) is 28.8 Å². The Hall–Kier alpha value is -3.35. The molecule has 0 radical (unpaired) electrons. The first kappa shape index (κ1) is 60.0. The van der Waals surface area contributed by atoms with E-state index in [9.17, 15) is 33.6 Å². The van der Waals surface area contributed by atoms with Crippen LogP contribution in [0.25, 0.3) is 0 Å². The number of likely N-dealkylation sites (N-methyl/N-ethyl adjacent to an activating group) is 2. The second kappa shape index (κ2) is 34.4. The van der Waals surface area contributed by atoms with E-state index in [1.165, 1.54) is 6.42 Å². The first-order chi connectivity index (χ1) is 27.6. The Bertz CT molecular complexity index is 1160. The first-order valence-corrected chi connectivity index (χ1v) is 22.5. The fraction of sp³-hybridized carbons (Fsp3) is 0.848. The molecule has 0 aromatic heterocycles. The third-order valence-corrected chi connectivity index (χ3v) is 9.73. The van der Waals surface area contributed by atoms with Crippen LogP contribution < -0.4 is 21.3 Å². The van der Waals surface area contributed by atoms with Gasteiger partial charge in [0.2, 0.25) is 17.6 Å². The molecule has 4 N–H and O–H groups in total. The highest BCUT2D eigenvalue weighted by Crippen LogP contribution is 2.29. The van der Waals surface area contributed by atoms with Gasteiger partial charge in [-0.15, -0.1) is 0 Å². The number of urea groups is 1. The Kier molecular flexibility index (Phi) is 34.9. The number of Topliss-reactive ketones (excluding diaryl/α,β-unsaturated/α-hetero) is 1. The highest BCUT2D eigenvalue weighted by Gasteiger charge is 2.41. The minimum absolute atomic E-state index is 0.0602. The number of ketones is 1. The summed E-state index contributed by atoms with van der Waals surface area (Å²) in [4.78, 5) is 84.7. The summed E-state index contributed by atoms with van der Waals surface area (Å²) in [6.45, 7) is 26.5. The molecule has 3 atom stereocenters. The molecule has 59 heavy (non-hydrogen) atoms. The molecule has 2 fully saturated rings. The number of carbonyl (C=O) groups is 7. The SMILES string of the molecule is CC.CC(C)(CC=O)CC=O.CC(C)C.CCCCCC(=O)C(=O)NCCC.CNC(=O)C1CCCN1C(=O)C(NC(=O)NC(CN(C)C)C(C)(C)C)C1CCCCC1. The smallest absolute Gasteiger partial charge is 0.315 e. The quantitative estimate of drug-likeness (QED) is 0.0624. The number of nitrogens with zero attached hydrogens (tertiary/aromatic N) is 2.